The van der Waals surface area contributed by atoms with Gasteiger partial charge in [0, 0.05) is 18.6 Å². The van der Waals surface area contributed by atoms with E-state index in [1.807, 2.05) is 0 Å². The second-order valence-corrected chi connectivity index (χ2v) is 5.84. The summed E-state index contributed by atoms with van der Waals surface area (Å²) >= 11 is 0. The Labute approximate surface area is 94.4 Å². The molecule has 3 atom stereocenters. The van der Waals surface area contributed by atoms with Gasteiger partial charge in [-0.15, -0.1) is 0 Å². The average molecular weight is 210 g/mol. The maximum absolute atomic E-state index is 3.58. The maximum Gasteiger partial charge on any atom is 0.0226 e. The molecular formula is C13H26N2. The van der Waals surface area contributed by atoms with Crippen LogP contribution in [0.15, 0.2) is 0 Å². The molecule has 2 heterocycles. The Morgan fingerprint density at radius 1 is 1.27 bits per heavy atom. The molecule has 0 radical (unpaired) electrons. The average Bonchev–Trinajstić information content (AvgIpc) is 2.65. The van der Waals surface area contributed by atoms with Crippen LogP contribution in [0.1, 0.15) is 40.0 Å². The lowest BCUT2D eigenvalue weighted by Gasteiger charge is -2.39. The van der Waals surface area contributed by atoms with Gasteiger partial charge in [0.2, 0.25) is 0 Å². The zero-order valence-corrected chi connectivity index (χ0v) is 10.5. The Morgan fingerprint density at radius 3 is 2.73 bits per heavy atom. The normalized spacial score (nSPS) is 38.8. The molecular weight excluding hydrogens is 184 g/mol. The molecule has 2 aliphatic heterocycles. The van der Waals surface area contributed by atoms with Crippen LogP contribution in [-0.4, -0.2) is 36.6 Å². The lowest BCUT2D eigenvalue weighted by atomic mass is 9.94. The molecule has 2 fully saturated rings. The fourth-order valence-electron chi connectivity index (χ4n) is 3.36. The van der Waals surface area contributed by atoms with Crippen molar-refractivity contribution < 1.29 is 0 Å². The number of hydrogen-bond donors (Lipinski definition) is 1. The van der Waals surface area contributed by atoms with Gasteiger partial charge in [0.05, 0.1) is 0 Å². The molecule has 0 aliphatic carbocycles. The van der Waals surface area contributed by atoms with Gasteiger partial charge in [0.1, 0.15) is 0 Å². The molecule has 0 amide bonds. The molecule has 0 spiro atoms. The summed E-state index contributed by atoms with van der Waals surface area (Å²) in [5, 5.41) is 3.58. The third-order valence-electron chi connectivity index (χ3n) is 4.13. The van der Waals surface area contributed by atoms with Gasteiger partial charge in [-0.3, -0.25) is 4.90 Å². The van der Waals surface area contributed by atoms with E-state index in [1.165, 1.54) is 38.9 Å². The molecule has 3 unspecified atom stereocenters. The summed E-state index contributed by atoms with van der Waals surface area (Å²) < 4.78 is 0. The monoisotopic (exact) mass is 210 g/mol. The molecule has 2 rings (SSSR count). The van der Waals surface area contributed by atoms with Gasteiger partial charge in [-0.05, 0) is 44.2 Å². The smallest absolute Gasteiger partial charge is 0.0226 e. The van der Waals surface area contributed by atoms with E-state index in [0.717, 1.165) is 23.9 Å². The highest BCUT2D eigenvalue weighted by Crippen LogP contribution is 2.28. The van der Waals surface area contributed by atoms with Crippen molar-refractivity contribution in [3.63, 3.8) is 0 Å². The Bertz CT molecular complexity index is 203. The van der Waals surface area contributed by atoms with E-state index >= 15 is 0 Å². The highest BCUT2D eigenvalue weighted by atomic mass is 15.2. The van der Waals surface area contributed by atoms with Crippen molar-refractivity contribution in [1.82, 2.24) is 10.2 Å². The van der Waals surface area contributed by atoms with Crippen molar-refractivity contribution in [2.45, 2.75) is 52.1 Å². The van der Waals surface area contributed by atoms with Gasteiger partial charge in [-0.1, -0.05) is 20.8 Å². The van der Waals surface area contributed by atoms with Gasteiger partial charge < -0.3 is 5.32 Å². The van der Waals surface area contributed by atoms with E-state index in [0.29, 0.717) is 0 Å². The highest BCUT2D eigenvalue weighted by molar-refractivity contribution is 4.90. The van der Waals surface area contributed by atoms with E-state index in [2.05, 4.69) is 31.0 Å². The third-order valence-corrected chi connectivity index (χ3v) is 4.13. The third kappa shape index (κ3) is 2.54. The van der Waals surface area contributed by atoms with E-state index in [1.54, 1.807) is 0 Å². The summed E-state index contributed by atoms with van der Waals surface area (Å²) in [6, 6.07) is 1.66. The van der Waals surface area contributed by atoms with Crippen LogP contribution in [0, 0.1) is 11.8 Å². The van der Waals surface area contributed by atoms with Crippen molar-refractivity contribution in [1.29, 1.82) is 0 Å². The number of piperidine rings is 1. The summed E-state index contributed by atoms with van der Waals surface area (Å²) in [5.41, 5.74) is 0. The van der Waals surface area contributed by atoms with Crippen molar-refractivity contribution in [3.05, 3.63) is 0 Å². The summed E-state index contributed by atoms with van der Waals surface area (Å²) in [7, 11) is 0. The van der Waals surface area contributed by atoms with Crippen LogP contribution in [0.5, 0.6) is 0 Å². The molecule has 88 valence electrons. The summed E-state index contributed by atoms with van der Waals surface area (Å²) in [4.78, 5) is 2.79. The van der Waals surface area contributed by atoms with Crippen LogP contribution < -0.4 is 5.32 Å². The zero-order chi connectivity index (χ0) is 10.8. The molecule has 0 aromatic rings. The minimum atomic E-state index is 0.809. The van der Waals surface area contributed by atoms with Crippen LogP contribution in [-0.2, 0) is 0 Å². The Hall–Kier alpha value is -0.0800. The lowest BCUT2D eigenvalue weighted by Crippen LogP contribution is -2.51. The number of rotatable bonds is 2. The number of hydrogen-bond acceptors (Lipinski definition) is 2. The minimum absolute atomic E-state index is 0.809. The fourth-order valence-corrected chi connectivity index (χ4v) is 3.36. The number of nitrogens with one attached hydrogen (secondary N) is 1. The molecule has 0 bridgehead atoms. The SMILES string of the molecule is CC1CNCC(N2CCCC2C(C)C)C1. The van der Waals surface area contributed by atoms with Crippen LogP contribution in [0.2, 0.25) is 0 Å². The first kappa shape index (κ1) is 11.4. The quantitative estimate of drug-likeness (QED) is 0.751. The topological polar surface area (TPSA) is 15.3 Å². The predicted octanol–water partition coefficient (Wildman–Crippen LogP) is 2.10. The molecule has 1 N–H and O–H groups in total. The molecule has 0 aromatic heterocycles. The molecule has 2 saturated heterocycles. The molecule has 2 heteroatoms. The van der Waals surface area contributed by atoms with Gasteiger partial charge in [-0.25, -0.2) is 0 Å². The summed E-state index contributed by atoms with van der Waals surface area (Å²) in [6.07, 6.45) is 4.23. The predicted molar refractivity (Wildman–Crippen MR) is 65.0 cm³/mol. The van der Waals surface area contributed by atoms with E-state index in [9.17, 15) is 0 Å². The fraction of sp³-hybridized carbons (Fsp3) is 1.00. The second-order valence-electron chi connectivity index (χ2n) is 5.84. The first-order chi connectivity index (χ1) is 7.18. The van der Waals surface area contributed by atoms with Crippen LogP contribution in [0.3, 0.4) is 0 Å². The van der Waals surface area contributed by atoms with Gasteiger partial charge in [-0.2, -0.15) is 0 Å². The first-order valence-corrected chi connectivity index (χ1v) is 6.65. The van der Waals surface area contributed by atoms with Gasteiger partial charge in [0.15, 0.2) is 0 Å². The van der Waals surface area contributed by atoms with Crippen LogP contribution in [0.4, 0.5) is 0 Å². The molecule has 0 aromatic carbocycles. The van der Waals surface area contributed by atoms with Crippen LogP contribution >= 0.6 is 0 Å². The zero-order valence-electron chi connectivity index (χ0n) is 10.5. The van der Waals surface area contributed by atoms with E-state index < -0.39 is 0 Å². The molecule has 2 aliphatic rings. The highest BCUT2D eigenvalue weighted by Gasteiger charge is 2.34. The van der Waals surface area contributed by atoms with E-state index in [-0.39, 0.29) is 0 Å². The minimum Gasteiger partial charge on any atom is -0.315 e. The van der Waals surface area contributed by atoms with Crippen LogP contribution in [0.25, 0.3) is 0 Å². The number of likely N-dealkylation sites (tertiary alicyclic amines) is 1. The molecule has 0 saturated carbocycles. The maximum atomic E-state index is 3.58. The summed E-state index contributed by atoms with van der Waals surface area (Å²) in [6.45, 7) is 10.9. The molecule has 15 heavy (non-hydrogen) atoms. The number of nitrogens with zero attached hydrogens (tertiary/aromatic N) is 1. The first-order valence-electron chi connectivity index (χ1n) is 6.65. The van der Waals surface area contributed by atoms with E-state index in [4.69, 9.17) is 0 Å². The Balaban J connectivity index is 1.96. The largest absolute Gasteiger partial charge is 0.315 e. The Morgan fingerprint density at radius 2 is 2.07 bits per heavy atom. The second kappa shape index (κ2) is 4.84. The molecule has 2 nitrogen and oxygen atoms in total. The summed E-state index contributed by atoms with van der Waals surface area (Å²) in [5.74, 6) is 1.68. The van der Waals surface area contributed by atoms with Gasteiger partial charge in [0.25, 0.3) is 0 Å². The van der Waals surface area contributed by atoms with Crippen molar-refractivity contribution in [2.75, 3.05) is 19.6 Å². The lowest BCUT2D eigenvalue weighted by molar-refractivity contribution is 0.109. The van der Waals surface area contributed by atoms with Gasteiger partial charge >= 0.3 is 0 Å². The Kier molecular flexibility index (Phi) is 3.68. The standard InChI is InChI=1S/C13H26N2/c1-10(2)13-5-4-6-15(13)12-7-11(3)8-14-9-12/h10-14H,4-9H2,1-3H3. The van der Waals surface area contributed by atoms with Crippen molar-refractivity contribution in [2.24, 2.45) is 11.8 Å². The van der Waals surface area contributed by atoms with Crippen molar-refractivity contribution >= 4 is 0 Å². The van der Waals surface area contributed by atoms with Crippen molar-refractivity contribution in [3.8, 4) is 0 Å².